The molecule has 3 aromatic rings. The van der Waals surface area contributed by atoms with E-state index < -0.39 is 5.60 Å². The van der Waals surface area contributed by atoms with E-state index in [-0.39, 0.29) is 6.10 Å². The highest BCUT2D eigenvalue weighted by Crippen LogP contribution is 2.42. The fraction of sp³-hybridized carbons (Fsp3) is 0.286. The molecule has 1 nitrogen and oxygen atoms in total. The first-order valence-electron chi connectivity index (χ1n) is 10.5. The number of terminal acetylenes is 1. The van der Waals surface area contributed by atoms with Crippen LogP contribution in [0.2, 0.25) is 0 Å². The summed E-state index contributed by atoms with van der Waals surface area (Å²) in [6.07, 6.45) is 8.52. The van der Waals surface area contributed by atoms with E-state index in [1.54, 1.807) is 0 Å². The Kier molecular flexibility index (Phi) is 7.28. The lowest BCUT2D eigenvalue weighted by molar-refractivity contribution is -0.0701. The molecule has 0 bridgehead atoms. The molecule has 1 heteroatoms. The lowest BCUT2D eigenvalue weighted by atomic mass is 9.79. The van der Waals surface area contributed by atoms with Crippen LogP contribution in [-0.2, 0) is 10.3 Å². The summed E-state index contributed by atoms with van der Waals surface area (Å²) in [6.45, 7) is 4.46. The molecule has 0 heterocycles. The van der Waals surface area contributed by atoms with Crippen molar-refractivity contribution in [1.82, 2.24) is 0 Å². The van der Waals surface area contributed by atoms with E-state index in [1.165, 1.54) is 0 Å². The molecule has 2 atom stereocenters. The van der Waals surface area contributed by atoms with Crippen molar-refractivity contribution in [1.29, 1.82) is 0 Å². The van der Waals surface area contributed by atoms with E-state index in [1.807, 2.05) is 18.2 Å². The fourth-order valence-corrected chi connectivity index (χ4v) is 4.07. The molecule has 0 aliphatic heterocycles. The maximum Gasteiger partial charge on any atom is 0.144 e. The first-order chi connectivity index (χ1) is 14.2. The number of hydrogen-bond acceptors (Lipinski definition) is 1. The van der Waals surface area contributed by atoms with Gasteiger partial charge in [-0.15, -0.1) is 12.3 Å². The van der Waals surface area contributed by atoms with Gasteiger partial charge >= 0.3 is 0 Å². The average molecular weight is 383 g/mol. The van der Waals surface area contributed by atoms with Crippen LogP contribution in [0.15, 0.2) is 91.0 Å². The molecule has 3 rings (SSSR count). The molecule has 0 aliphatic rings. The summed E-state index contributed by atoms with van der Waals surface area (Å²) in [5.41, 5.74) is 2.63. The first kappa shape index (κ1) is 20.9. The highest BCUT2D eigenvalue weighted by molar-refractivity contribution is 5.47. The van der Waals surface area contributed by atoms with Crippen LogP contribution in [0.5, 0.6) is 0 Å². The molecular formula is C28H30O. The molecule has 0 amide bonds. The lowest BCUT2D eigenvalue weighted by Crippen LogP contribution is -2.39. The smallest absolute Gasteiger partial charge is 0.144 e. The maximum atomic E-state index is 7.11. The van der Waals surface area contributed by atoms with Crippen molar-refractivity contribution in [3.63, 3.8) is 0 Å². The Morgan fingerprint density at radius 2 is 1.21 bits per heavy atom. The third kappa shape index (κ3) is 4.61. The van der Waals surface area contributed by atoms with Crippen molar-refractivity contribution in [3.8, 4) is 12.3 Å². The fourth-order valence-electron chi connectivity index (χ4n) is 4.07. The largest absolute Gasteiger partial charge is 0.356 e. The zero-order valence-electron chi connectivity index (χ0n) is 17.4. The Labute approximate surface area is 175 Å². The van der Waals surface area contributed by atoms with Crippen LogP contribution in [0.1, 0.15) is 49.8 Å². The summed E-state index contributed by atoms with van der Waals surface area (Å²) >= 11 is 0. The summed E-state index contributed by atoms with van der Waals surface area (Å²) in [5, 5.41) is 0. The molecule has 0 saturated heterocycles. The summed E-state index contributed by atoms with van der Waals surface area (Å²) in [6, 6.07) is 31.5. The van der Waals surface area contributed by atoms with Gasteiger partial charge in [-0.2, -0.15) is 0 Å². The van der Waals surface area contributed by atoms with Crippen molar-refractivity contribution in [3.05, 3.63) is 108 Å². The Bertz CT molecular complexity index is 797. The molecular weight excluding hydrogens is 352 g/mol. The van der Waals surface area contributed by atoms with Gasteiger partial charge in [0.2, 0.25) is 0 Å². The monoisotopic (exact) mass is 382 g/mol. The molecule has 0 radical (unpaired) electrons. The average Bonchev–Trinajstić information content (AvgIpc) is 2.79. The predicted molar refractivity (Wildman–Crippen MR) is 122 cm³/mol. The number of hydrogen-bond donors (Lipinski definition) is 0. The van der Waals surface area contributed by atoms with E-state index in [9.17, 15) is 0 Å². The van der Waals surface area contributed by atoms with E-state index >= 15 is 0 Å². The molecule has 0 fully saturated rings. The van der Waals surface area contributed by atoms with Crippen molar-refractivity contribution in [2.24, 2.45) is 5.92 Å². The molecule has 0 spiro atoms. The van der Waals surface area contributed by atoms with Crippen molar-refractivity contribution < 1.29 is 4.74 Å². The minimum Gasteiger partial charge on any atom is -0.356 e. The van der Waals surface area contributed by atoms with Crippen LogP contribution >= 0.6 is 0 Å². The number of ether oxygens (including phenoxy) is 1. The Morgan fingerprint density at radius 1 is 0.793 bits per heavy atom. The SMILES string of the molecule is C#CCC(OC(c1ccccc1)(c1ccccc1)c1ccccc1)C(C)CCC. The second kappa shape index (κ2) is 10.1. The summed E-state index contributed by atoms with van der Waals surface area (Å²) < 4.78 is 7.11. The van der Waals surface area contributed by atoms with E-state index in [0.29, 0.717) is 12.3 Å². The molecule has 148 valence electrons. The van der Waals surface area contributed by atoms with Crippen LogP contribution in [0.25, 0.3) is 0 Å². The third-order valence-electron chi connectivity index (χ3n) is 5.57. The van der Waals surface area contributed by atoms with Gasteiger partial charge in [-0.3, -0.25) is 0 Å². The van der Waals surface area contributed by atoms with Gasteiger partial charge in [0.05, 0.1) is 6.10 Å². The molecule has 2 unspecified atom stereocenters. The summed E-state index contributed by atoms with van der Waals surface area (Å²) in [7, 11) is 0. The zero-order valence-corrected chi connectivity index (χ0v) is 17.4. The topological polar surface area (TPSA) is 9.23 Å². The van der Waals surface area contributed by atoms with Gasteiger partial charge in [-0.1, -0.05) is 111 Å². The third-order valence-corrected chi connectivity index (χ3v) is 5.57. The first-order valence-corrected chi connectivity index (χ1v) is 10.5. The van der Waals surface area contributed by atoms with E-state index in [4.69, 9.17) is 11.2 Å². The quantitative estimate of drug-likeness (QED) is 0.291. The minimum atomic E-state index is -0.715. The van der Waals surface area contributed by atoms with Crippen LogP contribution in [0.4, 0.5) is 0 Å². The van der Waals surface area contributed by atoms with Crippen LogP contribution in [0.3, 0.4) is 0 Å². The minimum absolute atomic E-state index is 0.0411. The van der Waals surface area contributed by atoms with Gasteiger partial charge in [0.25, 0.3) is 0 Å². The maximum absolute atomic E-state index is 7.11. The van der Waals surface area contributed by atoms with Crippen molar-refractivity contribution in [2.75, 3.05) is 0 Å². The molecule has 3 aromatic carbocycles. The van der Waals surface area contributed by atoms with Gasteiger partial charge in [-0.25, -0.2) is 0 Å². The van der Waals surface area contributed by atoms with E-state index in [0.717, 1.165) is 29.5 Å². The number of rotatable bonds is 9. The van der Waals surface area contributed by atoms with Gasteiger partial charge in [0.15, 0.2) is 0 Å². The normalized spacial score (nSPS) is 13.4. The highest BCUT2D eigenvalue weighted by atomic mass is 16.5. The Morgan fingerprint density at radius 3 is 1.55 bits per heavy atom. The molecule has 0 N–H and O–H groups in total. The van der Waals surface area contributed by atoms with Gasteiger partial charge < -0.3 is 4.74 Å². The standard InChI is InChI=1S/C28H30O/c1-4-15-23(3)27(16-5-2)29-28(24-17-9-6-10-18-24,25-19-11-7-12-20-25)26-21-13-8-14-22-26/h2,6-14,17-23,27H,4,15-16H2,1,3H3. The van der Waals surface area contributed by atoms with Crippen molar-refractivity contribution >= 4 is 0 Å². The van der Waals surface area contributed by atoms with E-state index in [2.05, 4.69) is 92.6 Å². The second-order valence-electron chi connectivity index (χ2n) is 7.61. The Hall–Kier alpha value is -2.82. The highest BCUT2D eigenvalue weighted by Gasteiger charge is 2.40. The van der Waals surface area contributed by atoms with Gasteiger partial charge in [-0.05, 0) is 29.0 Å². The molecule has 29 heavy (non-hydrogen) atoms. The summed E-state index contributed by atoms with van der Waals surface area (Å²) in [5.74, 6) is 3.23. The molecule has 0 saturated carbocycles. The molecule has 0 aliphatic carbocycles. The predicted octanol–water partition coefficient (Wildman–Crippen LogP) is 6.82. The number of benzene rings is 3. The summed E-state index contributed by atoms with van der Waals surface area (Å²) in [4.78, 5) is 0. The van der Waals surface area contributed by atoms with Gasteiger partial charge in [0.1, 0.15) is 5.60 Å². The lowest BCUT2D eigenvalue weighted by Gasteiger charge is -2.40. The van der Waals surface area contributed by atoms with Crippen molar-refractivity contribution in [2.45, 2.75) is 44.8 Å². The molecule has 0 aromatic heterocycles. The Balaban J connectivity index is 2.23. The van der Waals surface area contributed by atoms with Crippen LogP contribution < -0.4 is 0 Å². The van der Waals surface area contributed by atoms with Crippen LogP contribution in [-0.4, -0.2) is 6.10 Å². The zero-order chi connectivity index (χ0) is 20.5. The second-order valence-corrected chi connectivity index (χ2v) is 7.61. The van der Waals surface area contributed by atoms with Crippen LogP contribution in [0, 0.1) is 18.3 Å². The van der Waals surface area contributed by atoms with Gasteiger partial charge in [0, 0.05) is 6.42 Å².